The van der Waals surface area contributed by atoms with E-state index in [1.54, 1.807) is 12.1 Å². The lowest BCUT2D eigenvalue weighted by Crippen LogP contribution is -1.99. The topological polar surface area (TPSA) is 35.5 Å². The lowest BCUT2D eigenvalue weighted by Gasteiger charge is -2.07. The third kappa shape index (κ3) is 2.07. The van der Waals surface area contributed by atoms with Crippen LogP contribution in [0.25, 0.3) is 0 Å². The molecule has 0 aliphatic carbocycles. The molecular formula is C15H12O3. The van der Waals surface area contributed by atoms with Gasteiger partial charge in [-0.25, -0.2) is 0 Å². The van der Waals surface area contributed by atoms with E-state index in [1.165, 1.54) is 0 Å². The highest BCUT2D eigenvalue weighted by Crippen LogP contribution is 2.29. The van der Waals surface area contributed by atoms with Crippen LogP contribution in [0.1, 0.15) is 15.9 Å². The standard InChI is InChI=1S/C15H12O3/c16-14-10-18-15-7-6-12(8-13(14)15)17-9-11-4-2-1-3-5-11/h1-8H,9-10H2. The second-order valence-electron chi connectivity index (χ2n) is 4.14. The van der Waals surface area contributed by atoms with Gasteiger partial charge >= 0.3 is 0 Å². The highest BCUT2D eigenvalue weighted by atomic mass is 16.5. The van der Waals surface area contributed by atoms with Gasteiger partial charge in [-0.1, -0.05) is 30.3 Å². The summed E-state index contributed by atoms with van der Waals surface area (Å²) in [5.74, 6) is 1.35. The molecule has 0 spiro atoms. The summed E-state index contributed by atoms with van der Waals surface area (Å²) in [5.41, 5.74) is 1.71. The summed E-state index contributed by atoms with van der Waals surface area (Å²) in [7, 11) is 0. The van der Waals surface area contributed by atoms with Gasteiger partial charge in [-0.05, 0) is 23.8 Å². The predicted octanol–water partition coefficient (Wildman–Crippen LogP) is 2.84. The van der Waals surface area contributed by atoms with E-state index in [0.29, 0.717) is 23.7 Å². The third-order valence-electron chi connectivity index (χ3n) is 2.86. The van der Waals surface area contributed by atoms with Gasteiger partial charge in [-0.15, -0.1) is 0 Å². The summed E-state index contributed by atoms with van der Waals surface area (Å²) in [4.78, 5) is 11.5. The molecule has 0 saturated carbocycles. The molecule has 0 saturated heterocycles. The molecule has 1 heterocycles. The molecule has 3 nitrogen and oxygen atoms in total. The van der Waals surface area contributed by atoms with Crippen molar-refractivity contribution in [2.75, 3.05) is 6.61 Å². The van der Waals surface area contributed by atoms with Crippen LogP contribution in [0.3, 0.4) is 0 Å². The van der Waals surface area contributed by atoms with Gasteiger partial charge in [-0.2, -0.15) is 0 Å². The van der Waals surface area contributed by atoms with Crippen molar-refractivity contribution in [3.8, 4) is 11.5 Å². The van der Waals surface area contributed by atoms with E-state index in [9.17, 15) is 4.79 Å². The Morgan fingerprint density at radius 1 is 1.11 bits per heavy atom. The molecule has 0 bridgehead atoms. The monoisotopic (exact) mass is 240 g/mol. The molecule has 0 N–H and O–H groups in total. The molecule has 1 aliphatic heterocycles. The van der Waals surface area contributed by atoms with Crippen LogP contribution in [0.2, 0.25) is 0 Å². The smallest absolute Gasteiger partial charge is 0.204 e. The van der Waals surface area contributed by atoms with Gasteiger partial charge in [0.1, 0.15) is 18.1 Å². The fourth-order valence-corrected chi connectivity index (χ4v) is 1.90. The van der Waals surface area contributed by atoms with Crippen LogP contribution in [0.4, 0.5) is 0 Å². The molecule has 2 aromatic rings. The van der Waals surface area contributed by atoms with E-state index in [4.69, 9.17) is 9.47 Å². The Bertz CT molecular complexity index is 576. The van der Waals surface area contributed by atoms with Crippen molar-refractivity contribution in [1.29, 1.82) is 0 Å². The molecule has 3 rings (SSSR count). The van der Waals surface area contributed by atoms with E-state index in [0.717, 1.165) is 5.56 Å². The first-order valence-electron chi connectivity index (χ1n) is 5.80. The SMILES string of the molecule is O=C1COc2ccc(OCc3ccccc3)cc21. The van der Waals surface area contributed by atoms with Crippen LogP contribution in [0.15, 0.2) is 48.5 Å². The molecule has 0 radical (unpaired) electrons. The van der Waals surface area contributed by atoms with E-state index < -0.39 is 0 Å². The minimum Gasteiger partial charge on any atom is -0.489 e. The average molecular weight is 240 g/mol. The van der Waals surface area contributed by atoms with Gasteiger partial charge in [0.25, 0.3) is 0 Å². The van der Waals surface area contributed by atoms with Crippen molar-refractivity contribution in [2.24, 2.45) is 0 Å². The summed E-state index contributed by atoms with van der Waals surface area (Å²) in [6.45, 7) is 0.631. The van der Waals surface area contributed by atoms with Crippen LogP contribution in [-0.4, -0.2) is 12.4 Å². The van der Waals surface area contributed by atoms with E-state index in [2.05, 4.69) is 0 Å². The summed E-state index contributed by atoms with van der Waals surface area (Å²) in [6, 6.07) is 15.3. The zero-order chi connectivity index (χ0) is 12.4. The number of benzene rings is 2. The zero-order valence-electron chi connectivity index (χ0n) is 9.76. The molecule has 90 valence electrons. The number of carbonyl (C=O) groups is 1. The Balaban J connectivity index is 1.74. The molecular weight excluding hydrogens is 228 g/mol. The van der Waals surface area contributed by atoms with Gasteiger partial charge in [-0.3, -0.25) is 4.79 Å². The molecule has 0 fully saturated rings. The van der Waals surface area contributed by atoms with Crippen molar-refractivity contribution in [2.45, 2.75) is 6.61 Å². The number of carbonyl (C=O) groups excluding carboxylic acids is 1. The predicted molar refractivity (Wildman–Crippen MR) is 67.0 cm³/mol. The maximum atomic E-state index is 11.5. The number of fused-ring (bicyclic) bond motifs is 1. The fraction of sp³-hybridized carbons (Fsp3) is 0.133. The molecule has 0 unspecified atom stereocenters. The van der Waals surface area contributed by atoms with Crippen molar-refractivity contribution in [3.05, 3.63) is 59.7 Å². The number of ether oxygens (including phenoxy) is 2. The normalized spacial score (nSPS) is 13.0. The first-order chi connectivity index (χ1) is 8.83. The Morgan fingerprint density at radius 2 is 1.94 bits per heavy atom. The highest BCUT2D eigenvalue weighted by molar-refractivity contribution is 6.02. The maximum Gasteiger partial charge on any atom is 0.204 e. The molecule has 18 heavy (non-hydrogen) atoms. The van der Waals surface area contributed by atoms with E-state index >= 15 is 0 Å². The van der Waals surface area contributed by atoms with Crippen LogP contribution in [-0.2, 0) is 6.61 Å². The second kappa shape index (κ2) is 4.53. The van der Waals surface area contributed by atoms with Crippen LogP contribution in [0, 0.1) is 0 Å². The summed E-state index contributed by atoms with van der Waals surface area (Å²) in [6.07, 6.45) is 0. The fourth-order valence-electron chi connectivity index (χ4n) is 1.90. The molecule has 0 aromatic heterocycles. The second-order valence-corrected chi connectivity index (χ2v) is 4.14. The van der Waals surface area contributed by atoms with Gasteiger partial charge in [0.05, 0.1) is 5.56 Å². The number of Topliss-reactive ketones (excluding diaryl/α,β-unsaturated/α-hetero) is 1. The highest BCUT2D eigenvalue weighted by Gasteiger charge is 2.21. The van der Waals surface area contributed by atoms with Gasteiger partial charge in [0, 0.05) is 0 Å². The quantitative estimate of drug-likeness (QED) is 0.827. The largest absolute Gasteiger partial charge is 0.489 e. The van der Waals surface area contributed by atoms with Crippen LogP contribution in [0.5, 0.6) is 11.5 Å². The zero-order valence-corrected chi connectivity index (χ0v) is 9.76. The van der Waals surface area contributed by atoms with Crippen LogP contribution < -0.4 is 9.47 Å². The van der Waals surface area contributed by atoms with Gasteiger partial charge in [0.15, 0.2) is 6.61 Å². The van der Waals surface area contributed by atoms with Gasteiger partial charge < -0.3 is 9.47 Å². The van der Waals surface area contributed by atoms with Crippen molar-refractivity contribution in [1.82, 2.24) is 0 Å². The third-order valence-corrected chi connectivity index (χ3v) is 2.86. The van der Waals surface area contributed by atoms with Crippen molar-refractivity contribution >= 4 is 5.78 Å². The van der Waals surface area contributed by atoms with Gasteiger partial charge in [0.2, 0.25) is 5.78 Å². The lowest BCUT2D eigenvalue weighted by atomic mass is 10.1. The summed E-state index contributed by atoms with van der Waals surface area (Å²) in [5, 5.41) is 0. The van der Waals surface area contributed by atoms with Crippen molar-refractivity contribution < 1.29 is 14.3 Å². The molecule has 0 atom stereocenters. The number of ketones is 1. The molecule has 3 heteroatoms. The summed E-state index contributed by atoms with van der Waals surface area (Å²) < 4.78 is 10.9. The number of hydrogen-bond acceptors (Lipinski definition) is 3. The average Bonchev–Trinajstić information content (AvgIpc) is 2.79. The Kier molecular flexibility index (Phi) is 2.73. The van der Waals surface area contributed by atoms with Crippen molar-refractivity contribution in [3.63, 3.8) is 0 Å². The Hall–Kier alpha value is -2.29. The minimum atomic E-state index is 0.00941. The number of rotatable bonds is 3. The van der Waals surface area contributed by atoms with E-state index in [1.807, 2.05) is 36.4 Å². The van der Waals surface area contributed by atoms with Crippen LogP contribution >= 0.6 is 0 Å². The minimum absolute atomic E-state index is 0.00941. The lowest BCUT2D eigenvalue weighted by molar-refractivity contribution is 0.0961. The molecule has 0 amide bonds. The maximum absolute atomic E-state index is 11.5. The van der Waals surface area contributed by atoms with E-state index in [-0.39, 0.29) is 12.4 Å². The molecule has 2 aromatic carbocycles. The Labute approximate surface area is 105 Å². The first-order valence-corrected chi connectivity index (χ1v) is 5.80. The first kappa shape index (κ1) is 10.8. The number of hydrogen-bond donors (Lipinski definition) is 0. The Morgan fingerprint density at radius 3 is 2.78 bits per heavy atom. The summed E-state index contributed by atoms with van der Waals surface area (Å²) >= 11 is 0. The molecule has 1 aliphatic rings.